The SMILES string of the molecule is Cc1cccc(C(=O)Nc2ccc(N)c(Br)c2)n1. The van der Waals surface area contributed by atoms with Crippen molar-refractivity contribution in [1.82, 2.24) is 4.98 Å². The summed E-state index contributed by atoms with van der Waals surface area (Å²) >= 11 is 3.31. The van der Waals surface area contributed by atoms with Crippen LogP contribution in [-0.2, 0) is 0 Å². The molecule has 0 spiro atoms. The average molecular weight is 306 g/mol. The first-order chi connectivity index (χ1) is 8.56. The maximum Gasteiger partial charge on any atom is 0.274 e. The topological polar surface area (TPSA) is 68.0 Å². The summed E-state index contributed by atoms with van der Waals surface area (Å²) in [4.78, 5) is 16.1. The Kier molecular flexibility index (Phi) is 3.62. The lowest BCUT2D eigenvalue weighted by atomic mass is 10.2. The number of hydrogen-bond donors (Lipinski definition) is 2. The van der Waals surface area contributed by atoms with Crippen molar-refractivity contribution >= 4 is 33.2 Å². The number of pyridine rings is 1. The molecule has 1 aromatic heterocycles. The third kappa shape index (κ3) is 2.87. The Morgan fingerprint density at radius 1 is 1.33 bits per heavy atom. The van der Waals surface area contributed by atoms with Crippen molar-refractivity contribution in [2.24, 2.45) is 0 Å². The Morgan fingerprint density at radius 2 is 2.11 bits per heavy atom. The first-order valence-corrected chi connectivity index (χ1v) is 6.15. The Hall–Kier alpha value is -1.88. The smallest absolute Gasteiger partial charge is 0.274 e. The highest BCUT2D eigenvalue weighted by molar-refractivity contribution is 9.10. The Balaban J connectivity index is 2.18. The number of nitrogens with zero attached hydrogens (tertiary/aromatic N) is 1. The van der Waals surface area contributed by atoms with Gasteiger partial charge in [0.15, 0.2) is 0 Å². The zero-order chi connectivity index (χ0) is 13.1. The number of benzene rings is 1. The summed E-state index contributed by atoms with van der Waals surface area (Å²) in [7, 11) is 0. The van der Waals surface area contributed by atoms with Crippen LogP contribution >= 0.6 is 15.9 Å². The zero-order valence-corrected chi connectivity index (χ0v) is 11.4. The van der Waals surface area contributed by atoms with Crippen LogP contribution in [0.15, 0.2) is 40.9 Å². The normalized spacial score (nSPS) is 10.1. The van der Waals surface area contributed by atoms with Crippen LogP contribution in [0.4, 0.5) is 11.4 Å². The van der Waals surface area contributed by atoms with Gasteiger partial charge in [-0.25, -0.2) is 4.98 Å². The van der Waals surface area contributed by atoms with E-state index in [1.165, 1.54) is 0 Å². The molecule has 18 heavy (non-hydrogen) atoms. The second-order valence-electron chi connectivity index (χ2n) is 3.85. The van der Waals surface area contributed by atoms with Gasteiger partial charge in [-0.05, 0) is 53.2 Å². The Morgan fingerprint density at radius 3 is 2.78 bits per heavy atom. The summed E-state index contributed by atoms with van der Waals surface area (Å²) in [6.45, 7) is 1.84. The molecule has 92 valence electrons. The van der Waals surface area contributed by atoms with E-state index in [4.69, 9.17) is 5.73 Å². The van der Waals surface area contributed by atoms with E-state index >= 15 is 0 Å². The van der Waals surface area contributed by atoms with Gasteiger partial charge in [-0.3, -0.25) is 4.79 Å². The van der Waals surface area contributed by atoms with Crippen LogP contribution < -0.4 is 11.1 Å². The molecule has 0 aliphatic carbocycles. The summed E-state index contributed by atoms with van der Waals surface area (Å²) in [5.74, 6) is -0.240. The van der Waals surface area contributed by atoms with Crippen LogP contribution in [0, 0.1) is 6.92 Å². The number of carbonyl (C=O) groups excluding carboxylic acids is 1. The highest BCUT2D eigenvalue weighted by atomic mass is 79.9. The standard InChI is InChI=1S/C13H12BrN3O/c1-8-3-2-4-12(16-8)13(18)17-9-5-6-11(15)10(14)7-9/h2-7H,15H2,1H3,(H,17,18). The van der Waals surface area contributed by atoms with Gasteiger partial charge in [-0.15, -0.1) is 0 Å². The summed E-state index contributed by atoms with van der Waals surface area (Å²) in [6.07, 6.45) is 0. The second-order valence-corrected chi connectivity index (χ2v) is 4.71. The number of halogens is 1. The molecule has 4 nitrogen and oxygen atoms in total. The van der Waals surface area contributed by atoms with Gasteiger partial charge in [0, 0.05) is 21.5 Å². The van der Waals surface area contributed by atoms with E-state index in [0.29, 0.717) is 17.1 Å². The van der Waals surface area contributed by atoms with Crippen molar-refractivity contribution in [3.05, 3.63) is 52.3 Å². The van der Waals surface area contributed by atoms with Gasteiger partial charge in [0.1, 0.15) is 5.69 Å². The lowest BCUT2D eigenvalue weighted by Crippen LogP contribution is -2.14. The largest absolute Gasteiger partial charge is 0.398 e. The van der Waals surface area contributed by atoms with Crippen LogP contribution in [0.1, 0.15) is 16.2 Å². The van der Waals surface area contributed by atoms with Crippen molar-refractivity contribution in [3.8, 4) is 0 Å². The number of carbonyl (C=O) groups is 1. The van der Waals surface area contributed by atoms with Crippen LogP contribution in [-0.4, -0.2) is 10.9 Å². The number of anilines is 2. The fourth-order valence-corrected chi connectivity index (χ4v) is 1.85. The molecule has 3 N–H and O–H groups in total. The van der Waals surface area contributed by atoms with E-state index in [1.807, 2.05) is 13.0 Å². The maximum atomic E-state index is 11.9. The predicted molar refractivity (Wildman–Crippen MR) is 75.5 cm³/mol. The van der Waals surface area contributed by atoms with Crippen molar-refractivity contribution in [1.29, 1.82) is 0 Å². The maximum absolute atomic E-state index is 11.9. The lowest BCUT2D eigenvalue weighted by Gasteiger charge is -2.06. The summed E-state index contributed by atoms with van der Waals surface area (Å²) in [6, 6.07) is 10.5. The van der Waals surface area contributed by atoms with Crippen LogP contribution in [0.5, 0.6) is 0 Å². The number of aromatic nitrogens is 1. The minimum absolute atomic E-state index is 0.240. The molecule has 1 amide bonds. The molecule has 0 fully saturated rings. The molecule has 0 radical (unpaired) electrons. The first-order valence-electron chi connectivity index (χ1n) is 5.36. The molecular formula is C13H12BrN3O. The molecule has 0 saturated carbocycles. The van der Waals surface area contributed by atoms with E-state index in [2.05, 4.69) is 26.2 Å². The van der Waals surface area contributed by atoms with Gasteiger partial charge in [-0.2, -0.15) is 0 Å². The fraction of sp³-hybridized carbons (Fsp3) is 0.0769. The van der Waals surface area contributed by atoms with Gasteiger partial charge >= 0.3 is 0 Å². The number of rotatable bonds is 2. The summed E-state index contributed by atoms with van der Waals surface area (Å²) < 4.78 is 0.748. The first kappa shape index (κ1) is 12.6. The zero-order valence-electron chi connectivity index (χ0n) is 9.77. The minimum atomic E-state index is -0.240. The average Bonchev–Trinajstić information content (AvgIpc) is 2.34. The monoisotopic (exact) mass is 305 g/mol. The van der Waals surface area contributed by atoms with Crippen molar-refractivity contribution in [2.75, 3.05) is 11.1 Å². The van der Waals surface area contributed by atoms with E-state index in [1.54, 1.807) is 30.3 Å². The minimum Gasteiger partial charge on any atom is -0.398 e. The molecule has 1 heterocycles. The lowest BCUT2D eigenvalue weighted by molar-refractivity contribution is 0.102. The van der Waals surface area contributed by atoms with Crippen LogP contribution in [0.25, 0.3) is 0 Å². The highest BCUT2D eigenvalue weighted by Gasteiger charge is 2.08. The molecule has 2 aromatic rings. The van der Waals surface area contributed by atoms with Crippen molar-refractivity contribution in [2.45, 2.75) is 6.92 Å². The molecule has 2 rings (SSSR count). The second kappa shape index (κ2) is 5.18. The number of nitrogen functional groups attached to an aromatic ring is 1. The quantitative estimate of drug-likeness (QED) is 0.838. The van der Waals surface area contributed by atoms with Gasteiger partial charge in [-0.1, -0.05) is 6.07 Å². The molecule has 5 heteroatoms. The molecule has 0 saturated heterocycles. The third-order valence-electron chi connectivity index (χ3n) is 2.38. The molecule has 0 bridgehead atoms. The van der Waals surface area contributed by atoms with Gasteiger partial charge in [0.25, 0.3) is 5.91 Å². The number of nitrogens with two attached hydrogens (primary N) is 1. The van der Waals surface area contributed by atoms with E-state index in [9.17, 15) is 4.79 Å². The predicted octanol–water partition coefficient (Wildman–Crippen LogP) is 2.99. The molecule has 1 aromatic carbocycles. The van der Waals surface area contributed by atoms with Crippen molar-refractivity contribution in [3.63, 3.8) is 0 Å². The molecule has 0 aliphatic rings. The fourth-order valence-electron chi connectivity index (χ4n) is 1.47. The number of nitrogens with one attached hydrogen (secondary N) is 1. The third-order valence-corrected chi connectivity index (χ3v) is 3.07. The van der Waals surface area contributed by atoms with Gasteiger partial charge in [0.2, 0.25) is 0 Å². The Bertz CT molecular complexity index is 599. The highest BCUT2D eigenvalue weighted by Crippen LogP contribution is 2.23. The number of aryl methyl sites for hydroxylation is 1. The van der Waals surface area contributed by atoms with Crippen LogP contribution in [0.2, 0.25) is 0 Å². The van der Waals surface area contributed by atoms with E-state index in [-0.39, 0.29) is 5.91 Å². The van der Waals surface area contributed by atoms with E-state index < -0.39 is 0 Å². The van der Waals surface area contributed by atoms with Crippen LogP contribution in [0.3, 0.4) is 0 Å². The molecule has 0 unspecified atom stereocenters. The van der Waals surface area contributed by atoms with E-state index in [0.717, 1.165) is 10.2 Å². The molecule has 0 atom stereocenters. The summed E-state index contributed by atoms with van der Waals surface area (Å²) in [5, 5.41) is 2.77. The van der Waals surface area contributed by atoms with Gasteiger partial charge < -0.3 is 11.1 Å². The number of hydrogen-bond acceptors (Lipinski definition) is 3. The Labute approximate surface area is 113 Å². The molecule has 0 aliphatic heterocycles. The van der Waals surface area contributed by atoms with Crippen molar-refractivity contribution < 1.29 is 4.79 Å². The summed E-state index contributed by atoms with van der Waals surface area (Å²) in [5.41, 5.74) is 8.17. The number of amides is 1. The molecular weight excluding hydrogens is 294 g/mol. The van der Waals surface area contributed by atoms with Gasteiger partial charge in [0.05, 0.1) is 0 Å².